The first-order valence-corrected chi connectivity index (χ1v) is 7.13. The zero-order valence-electron chi connectivity index (χ0n) is 12.0. The summed E-state index contributed by atoms with van der Waals surface area (Å²) >= 11 is 0. The fourth-order valence-electron chi connectivity index (χ4n) is 2.11. The molecule has 0 bridgehead atoms. The Morgan fingerprint density at radius 3 is 2.67 bits per heavy atom. The molecule has 0 aliphatic carbocycles. The average molecular weight is 249 g/mol. The molecule has 0 aliphatic heterocycles. The Bertz CT molecular complexity index is 325. The molecular weight excluding hydrogens is 222 g/mol. The molecular formula is C16H27NO. The Morgan fingerprint density at radius 1 is 1.17 bits per heavy atom. The third-order valence-corrected chi connectivity index (χ3v) is 3.32. The molecule has 0 amide bonds. The molecule has 1 atom stereocenters. The van der Waals surface area contributed by atoms with Gasteiger partial charge in [-0.25, -0.2) is 0 Å². The second-order valence-corrected chi connectivity index (χ2v) is 4.94. The highest BCUT2D eigenvalue weighted by molar-refractivity contribution is 5.32. The van der Waals surface area contributed by atoms with Crippen molar-refractivity contribution < 1.29 is 4.74 Å². The number of hydrogen-bond acceptors (Lipinski definition) is 2. The van der Waals surface area contributed by atoms with E-state index in [1.54, 1.807) is 7.11 Å². The van der Waals surface area contributed by atoms with Gasteiger partial charge in [-0.2, -0.15) is 0 Å². The predicted molar refractivity (Wildman–Crippen MR) is 78.1 cm³/mol. The lowest BCUT2D eigenvalue weighted by Gasteiger charge is -2.15. The quantitative estimate of drug-likeness (QED) is 0.664. The van der Waals surface area contributed by atoms with Crippen LogP contribution < -0.4 is 10.1 Å². The number of benzene rings is 1. The van der Waals surface area contributed by atoms with Crippen molar-refractivity contribution in [3.05, 3.63) is 29.8 Å². The number of ether oxygens (including phenoxy) is 1. The van der Waals surface area contributed by atoms with Gasteiger partial charge in [-0.1, -0.05) is 50.8 Å². The molecule has 0 heterocycles. The van der Waals surface area contributed by atoms with Gasteiger partial charge >= 0.3 is 0 Å². The number of unbranched alkanes of at least 4 members (excludes halogenated alkanes) is 3. The van der Waals surface area contributed by atoms with E-state index in [4.69, 9.17) is 4.74 Å². The van der Waals surface area contributed by atoms with Crippen LogP contribution in [0.25, 0.3) is 0 Å². The van der Waals surface area contributed by atoms with E-state index < -0.39 is 0 Å². The van der Waals surface area contributed by atoms with Gasteiger partial charge < -0.3 is 10.1 Å². The number of hydrogen-bond donors (Lipinski definition) is 1. The molecule has 2 nitrogen and oxygen atoms in total. The fraction of sp³-hybridized carbons (Fsp3) is 0.625. The Hall–Kier alpha value is -1.02. The monoisotopic (exact) mass is 249 g/mol. The van der Waals surface area contributed by atoms with Crippen molar-refractivity contribution in [3.63, 3.8) is 0 Å². The summed E-state index contributed by atoms with van der Waals surface area (Å²) in [4.78, 5) is 0. The Morgan fingerprint density at radius 2 is 1.94 bits per heavy atom. The first kappa shape index (κ1) is 15.0. The third-order valence-electron chi connectivity index (χ3n) is 3.32. The first-order valence-electron chi connectivity index (χ1n) is 7.13. The van der Waals surface area contributed by atoms with Gasteiger partial charge in [0.05, 0.1) is 7.11 Å². The van der Waals surface area contributed by atoms with Crippen LogP contribution in [0, 0.1) is 0 Å². The molecule has 1 unspecified atom stereocenters. The highest BCUT2D eigenvalue weighted by Crippen LogP contribution is 2.17. The highest BCUT2D eigenvalue weighted by atomic mass is 16.5. The number of para-hydroxylation sites is 1. The van der Waals surface area contributed by atoms with E-state index in [1.165, 1.54) is 37.7 Å². The van der Waals surface area contributed by atoms with E-state index in [0.29, 0.717) is 6.04 Å². The van der Waals surface area contributed by atoms with Gasteiger partial charge in [0.2, 0.25) is 0 Å². The summed E-state index contributed by atoms with van der Waals surface area (Å²) < 4.78 is 5.35. The van der Waals surface area contributed by atoms with Crippen molar-refractivity contribution in [2.75, 3.05) is 7.11 Å². The Kier molecular flexibility index (Phi) is 7.51. The van der Waals surface area contributed by atoms with Crippen LogP contribution in [-0.2, 0) is 6.54 Å². The molecule has 0 aliphatic rings. The minimum absolute atomic E-state index is 0.576. The predicted octanol–water partition coefficient (Wildman–Crippen LogP) is 4.14. The molecule has 0 aromatic heterocycles. The van der Waals surface area contributed by atoms with Crippen LogP contribution in [0.4, 0.5) is 0 Å². The largest absolute Gasteiger partial charge is 0.496 e. The molecule has 0 radical (unpaired) electrons. The van der Waals surface area contributed by atoms with Crippen molar-refractivity contribution in [1.29, 1.82) is 0 Å². The average Bonchev–Trinajstić information content (AvgIpc) is 2.41. The first-order chi connectivity index (χ1) is 8.77. The van der Waals surface area contributed by atoms with E-state index >= 15 is 0 Å². The van der Waals surface area contributed by atoms with Crippen molar-refractivity contribution in [1.82, 2.24) is 5.32 Å². The Balaban J connectivity index is 2.26. The van der Waals surface area contributed by atoms with Gasteiger partial charge in [0, 0.05) is 18.2 Å². The zero-order valence-corrected chi connectivity index (χ0v) is 12.0. The summed E-state index contributed by atoms with van der Waals surface area (Å²) in [6.07, 6.45) is 6.61. The van der Waals surface area contributed by atoms with Gasteiger partial charge in [-0.3, -0.25) is 0 Å². The van der Waals surface area contributed by atoms with Gasteiger partial charge in [-0.15, -0.1) is 0 Å². The molecule has 1 N–H and O–H groups in total. The fourth-order valence-corrected chi connectivity index (χ4v) is 2.11. The van der Waals surface area contributed by atoms with Gasteiger partial charge in [0.1, 0.15) is 5.75 Å². The maximum atomic E-state index is 5.35. The van der Waals surface area contributed by atoms with E-state index in [1.807, 2.05) is 12.1 Å². The minimum Gasteiger partial charge on any atom is -0.496 e. The minimum atomic E-state index is 0.576. The molecule has 0 saturated heterocycles. The number of rotatable bonds is 9. The molecule has 0 fully saturated rings. The standard InChI is InChI=1S/C16H27NO/c1-4-5-6-7-10-14(2)17-13-15-11-8-9-12-16(15)18-3/h8-9,11-12,14,17H,4-7,10,13H2,1-3H3. The maximum Gasteiger partial charge on any atom is 0.123 e. The van der Waals surface area contributed by atoms with E-state index in [9.17, 15) is 0 Å². The molecule has 1 aromatic carbocycles. The molecule has 1 aromatic rings. The molecule has 1 rings (SSSR count). The zero-order chi connectivity index (χ0) is 13.2. The summed E-state index contributed by atoms with van der Waals surface area (Å²) in [6, 6.07) is 8.78. The van der Waals surface area contributed by atoms with E-state index in [2.05, 4.69) is 31.3 Å². The van der Waals surface area contributed by atoms with Crippen LogP contribution in [-0.4, -0.2) is 13.2 Å². The molecule has 0 spiro atoms. The maximum absolute atomic E-state index is 5.35. The second kappa shape index (κ2) is 8.98. The summed E-state index contributed by atoms with van der Waals surface area (Å²) in [6.45, 7) is 5.41. The highest BCUT2D eigenvalue weighted by Gasteiger charge is 2.04. The lowest BCUT2D eigenvalue weighted by Crippen LogP contribution is -2.25. The van der Waals surface area contributed by atoms with Crippen LogP contribution in [0.1, 0.15) is 51.5 Å². The van der Waals surface area contributed by atoms with Crippen molar-refractivity contribution in [2.45, 2.75) is 58.5 Å². The molecule has 18 heavy (non-hydrogen) atoms. The topological polar surface area (TPSA) is 21.3 Å². The second-order valence-electron chi connectivity index (χ2n) is 4.94. The van der Waals surface area contributed by atoms with E-state index in [0.717, 1.165) is 12.3 Å². The van der Waals surface area contributed by atoms with Crippen LogP contribution in [0.15, 0.2) is 24.3 Å². The van der Waals surface area contributed by atoms with Gasteiger partial charge in [-0.05, 0) is 19.4 Å². The van der Waals surface area contributed by atoms with Crippen LogP contribution in [0.3, 0.4) is 0 Å². The lowest BCUT2D eigenvalue weighted by molar-refractivity contribution is 0.404. The third kappa shape index (κ3) is 5.54. The van der Waals surface area contributed by atoms with Crippen LogP contribution in [0.5, 0.6) is 5.75 Å². The Labute approximate surface area is 112 Å². The van der Waals surface area contributed by atoms with Crippen molar-refractivity contribution >= 4 is 0 Å². The number of methoxy groups -OCH3 is 1. The van der Waals surface area contributed by atoms with Crippen molar-refractivity contribution in [3.8, 4) is 5.75 Å². The van der Waals surface area contributed by atoms with Crippen LogP contribution in [0.2, 0.25) is 0 Å². The molecule has 0 saturated carbocycles. The molecule has 2 heteroatoms. The lowest BCUT2D eigenvalue weighted by atomic mass is 10.1. The molecule has 102 valence electrons. The normalized spacial score (nSPS) is 12.4. The van der Waals surface area contributed by atoms with Gasteiger partial charge in [0.15, 0.2) is 0 Å². The van der Waals surface area contributed by atoms with E-state index in [-0.39, 0.29) is 0 Å². The van der Waals surface area contributed by atoms with Crippen molar-refractivity contribution in [2.24, 2.45) is 0 Å². The SMILES string of the molecule is CCCCCCC(C)NCc1ccccc1OC. The summed E-state index contributed by atoms with van der Waals surface area (Å²) in [5.74, 6) is 0.975. The summed E-state index contributed by atoms with van der Waals surface area (Å²) in [5.41, 5.74) is 1.24. The van der Waals surface area contributed by atoms with Crippen LogP contribution >= 0.6 is 0 Å². The smallest absolute Gasteiger partial charge is 0.123 e. The summed E-state index contributed by atoms with van der Waals surface area (Å²) in [5, 5.41) is 3.57. The van der Waals surface area contributed by atoms with Gasteiger partial charge in [0.25, 0.3) is 0 Å². The summed E-state index contributed by atoms with van der Waals surface area (Å²) in [7, 11) is 1.73. The number of nitrogens with one attached hydrogen (secondary N) is 1.